The van der Waals surface area contributed by atoms with Crippen molar-refractivity contribution >= 4 is 223 Å². The summed E-state index contributed by atoms with van der Waals surface area (Å²) in [5.74, 6) is 0.938. The molecule has 0 atom stereocenters. The van der Waals surface area contributed by atoms with Gasteiger partial charge in [-0.2, -0.15) is 0 Å². The van der Waals surface area contributed by atoms with E-state index in [2.05, 4.69) is 398 Å². The highest BCUT2D eigenvalue weighted by atomic mass is 32.1. The van der Waals surface area contributed by atoms with Crippen LogP contribution in [-0.4, -0.2) is 18.7 Å². The lowest BCUT2D eigenvalue weighted by Gasteiger charge is -2.21. The van der Waals surface area contributed by atoms with Crippen LogP contribution in [0.3, 0.4) is 0 Å². The molecule has 0 saturated heterocycles. The van der Waals surface area contributed by atoms with Crippen molar-refractivity contribution in [3.63, 3.8) is 0 Å². The maximum Gasteiger partial charge on any atom is 0.137 e. The van der Waals surface area contributed by atoms with Gasteiger partial charge in [-0.05, 0) is 190 Å². The summed E-state index contributed by atoms with van der Waals surface area (Å²) in [7, 11) is 0. The van der Waals surface area contributed by atoms with Gasteiger partial charge in [0.1, 0.15) is 5.82 Å². The minimum atomic E-state index is 0.0168. The van der Waals surface area contributed by atoms with Crippen molar-refractivity contribution in [1.82, 2.24) is 18.7 Å². The Hall–Kier alpha value is -13.6. The van der Waals surface area contributed by atoms with Crippen LogP contribution in [0.25, 0.3) is 228 Å². The van der Waals surface area contributed by atoms with Crippen LogP contribution < -0.4 is 0 Å². The van der Waals surface area contributed by atoms with Crippen LogP contribution in [-0.2, 0) is 5.41 Å². The molecule has 0 unspecified atom stereocenters. The Morgan fingerprint density at radius 1 is 0.227 bits per heavy atom. The molecule has 0 spiro atoms. The van der Waals surface area contributed by atoms with Crippen LogP contribution in [0.4, 0.5) is 0 Å². The van der Waals surface area contributed by atoms with E-state index in [-0.39, 0.29) is 5.41 Å². The van der Waals surface area contributed by atoms with Crippen molar-refractivity contribution in [3.8, 4) is 61.7 Å². The van der Waals surface area contributed by atoms with E-state index < -0.39 is 0 Å². The van der Waals surface area contributed by atoms with Gasteiger partial charge in [-0.3, -0.25) is 4.57 Å². The summed E-state index contributed by atoms with van der Waals surface area (Å²) >= 11 is 9.38. The standard InChI is InChI=1S/C38H26N2S.2C36H21NS2/c1-38(2)31-12-6-3-9-25(31)28-19-23(15-17-32(28)38)24-16-18-37(39-22-24)40-33-13-7-4-10-26(33)29-20-30-27-11-5-8-14-35(27)41-36(30)21-34(29)40;1-4-10-30-28(9-1)35-31(19-18-27-25-7-2-6-12-33(25)39-36(27)35)37(30)24-16-13-22(14-17-24)23-15-20-34-29(21-23)26-8-3-5-11-32(26)38-34;1-4-10-30-25(7-1)27-18-20-34-35(28-9-3-6-12-32(28)39-34)36(27)37(30)24-16-13-22(14-17-24)23-15-19-33-29(21-23)26-8-2-5-11-31(26)38-33/h3-22H,1-2H3;2*1-21H. The molecule has 0 N–H and O–H groups in total. The largest absolute Gasteiger partial charge is 0.309 e. The number of para-hydroxylation sites is 3. The van der Waals surface area contributed by atoms with E-state index in [0.717, 1.165) is 11.4 Å². The second-order valence-electron chi connectivity index (χ2n) is 31.9. The van der Waals surface area contributed by atoms with Gasteiger partial charge >= 0.3 is 0 Å². The highest BCUT2D eigenvalue weighted by Crippen LogP contribution is 2.52. The van der Waals surface area contributed by atoms with Gasteiger partial charge in [0.25, 0.3) is 0 Å². The van der Waals surface area contributed by atoms with Crippen molar-refractivity contribution < 1.29 is 0 Å². The molecule has 27 rings (SSSR count). The number of thiophene rings is 5. The predicted molar refractivity (Wildman–Crippen MR) is 518 cm³/mol. The minimum absolute atomic E-state index is 0.0168. The lowest BCUT2D eigenvalue weighted by molar-refractivity contribution is 0.660. The molecule has 9 heteroatoms. The third-order valence-corrected chi connectivity index (χ3v) is 30.9. The van der Waals surface area contributed by atoms with Crippen LogP contribution in [0.2, 0.25) is 0 Å². The second-order valence-corrected chi connectivity index (χ2v) is 37.3. The number of pyridine rings is 1. The first-order chi connectivity index (χ1) is 58.7. The van der Waals surface area contributed by atoms with Gasteiger partial charge in [0, 0.05) is 162 Å². The molecule has 119 heavy (non-hydrogen) atoms. The first kappa shape index (κ1) is 68.6. The number of nitrogens with zero attached hydrogens (tertiary/aromatic N) is 4. The van der Waals surface area contributed by atoms with Gasteiger partial charge in [-0.25, -0.2) is 4.98 Å². The third-order valence-electron chi connectivity index (χ3n) is 25.1. The van der Waals surface area contributed by atoms with Crippen LogP contribution in [0.1, 0.15) is 25.0 Å². The number of benzene rings is 17. The average Bonchev–Trinajstić information content (AvgIpc) is 1.57. The Balaban J connectivity index is 0.0000000992. The third kappa shape index (κ3) is 10.7. The van der Waals surface area contributed by atoms with E-state index in [1.807, 2.05) is 62.9 Å². The van der Waals surface area contributed by atoms with Crippen molar-refractivity contribution in [2.24, 2.45) is 0 Å². The number of aromatic nitrogens is 4. The van der Waals surface area contributed by atoms with Gasteiger partial charge < -0.3 is 9.13 Å². The summed E-state index contributed by atoms with van der Waals surface area (Å²) in [5.41, 5.74) is 22.6. The molecule has 4 nitrogen and oxygen atoms in total. The van der Waals surface area contributed by atoms with Gasteiger partial charge in [0.05, 0.1) is 33.1 Å². The Morgan fingerprint density at radius 2 is 0.655 bits per heavy atom. The lowest BCUT2D eigenvalue weighted by atomic mass is 9.82. The molecule has 0 radical (unpaired) electrons. The van der Waals surface area contributed by atoms with Crippen LogP contribution >= 0.6 is 56.7 Å². The molecule has 26 aromatic rings. The topological polar surface area (TPSA) is 27.7 Å². The van der Waals surface area contributed by atoms with E-state index in [1.165, 1.54) is 228 Å². The minimum Gasteiger partial charge on any atom is -0.309 e. The zero-order valence-electron chi connectivity index (χ0n) is 64.6. The number of hydrogen-bond donors (Lipinski definition) is 0. The van der Waals surface area contributed by atoms with Gasteiger partial charge in [0.15, 0.2) is 0 Å². The van der Waals surface area contributed by atoms with E-state index in [1.54, 1.807) is 0 Å². The molecule has 0 amide bonds. The Kier molecular flexibility index (Phi) is 15.4. The molecular formula is C110H68N4S5. The fraction of sp³-hybridized carbons (Fsp3) is 0.0273. The number of hydrogen-bond acceptors (Lipinski definition) is 6. The van der Waals surface area contributed by atoms with Gasteiger partial charge in [-0.1, -0.05) is 244 Å². The van der Waals surface area contributed by atoms with E-state index in [9.17, 15) is 0 Å². The smallest absolute Gasteiger partial charge is 0.137 e. The zero-order chi connectivity index (χ0) is 78.3. The Bertz CT molecular complexity index is 8710. The fourth-order valence-electron chi connectivity index (χ4n) is 19.5. The van der Waals surface area contributed by atoms with E-state index in [4.69, 9.17) is 4.98 Å². The normalized spacial score (nSPS) is 12.7. The van der Waals surface area contributed by atoms with E-state index >= 15 is 0 Å². The van der Waals surface area contributed by atoms with Crippen LogP contribution in [0.15, 0.2) is 376 Å². The molecule has 0 fully saturated rings. The first-order valence-electron chi connectivity index (χ1n) is 40.5. The number of rotatable bonds is 6. The number of fused-ring (bicyclic) bond motifs is 29. The van der Waals surface area contributed by atoms with Gasteiger partial charge in [-0.15, -0.1) is 56.7 Å². The molecule has 0 aliphatic heterocycles. The molecule has 558 valence electrons. The summed E-state index contributed by atoms with van der Waals surface area (Å²) in [6.07, 6.45) is 2.03. The average molecular weight is 1610 g/mol. The summed E-state index contributed by atoms with van der Waals surface area (Å²) in [4.78, 5) is 5.05. The molecule has 9 heterocycles. The van der Waals surface area contributed by atoms with Crippen LogP contribution in [0.5, 0.6) is 0 Å². The molecule has 17 aromatic carbocycles. The lowest BCUT2D eigenvalue weighted by Crippen LogP contribution is -2.14. The molecule has 9 aromatic heterocycles. The fourth-order valence-corrected chi connectivity index (χ4v) is 25.1. The van der Waals surface area contributed by atoms with Crippen molar-refractivity contribution in [2.45, 2.75) is 19.3 Å². The summed E-state index contributed by atoms with van der Waals surface area (Å²) in [5, 5.41) is 21.2. The first-order valence-corrected chi connectivity index (χ1v) is 44.6. The molecule has 0 bridgehead atoms. The highest BCUT2D eigenvalue weighted by Gasteiger charge is 2.35. The Morgan fingerprint density at radius 3 is 1.28 bits per heavy atom. The molecule has 0 saturated carbocycles. The van der Waals surface area contributed by atoms with Crippen molar-refractivity contribution in [1.29, 1.82) is 0 Å². The predicted octanol–water partition coefficient (Wildman–Crippen LogP) is 32.9. The Labute approximate surface area is 704 Å². The quantitative estimate of drug-likeness (QED) is 0.163. The molecule has 1 aliphatic carbocycles. The SMILES string of the molecule is CC1(C)c2ccccc2-c2cc(-c3ccc(-n4c5ccccc5c5cc6c(cc54)sc4ccccc46)nc3)ccc21.c1ccc2c(c1)sc1ccc(-c3ccc(-n4c5ccccc5c5c6sc7ccccc7c6ccc54)cc3)cc12.c1ccc2c(c1)sc1ccc(-c3ccc(-n4c5ccccc5c5ccc6sc7ccccc7c6c54)cc3)cc12. The summed E-state index contributed by atoms with van der Waals surface area (Å²) in [6.45, 7) is 4.65. The summed E-state index contributed by atoms with van der Waals surface area (Å²) < 4.78 is 20.6. The van der Waals surface area contributed by atoms with Crippen molar-refractivity contribution in [3.05, 3.63) is 387 Å². The second kappa shape index (κ2) is 26.7. The van der Waals surface area contributed by atoms with Gasteiger partial charge in [0.2, 0.25) is 0 Å². The maximum atomic E-state index is 5.05. The monoisotopic (exact) mass is 1600 g/mol. The van der Waals surface area contributed by atoms with Crippen LogP contribution in [0, 0.1) is 0 Å². The van der Waals surface area contributed by atoms with E-state index in [0.29, 0.717) is 0 Å². The highest BCUT2D eigenvalue weighted by molar-refractivity contribution is 7.28. The molecular weight excluding hydrogens is 1540 g/mol. The molecule has 1 aliphatic rings. The van der Waals surface area contributed by atoms with Crippen molar-refractivity contribution in [2.75, 3.05) is 0 Å². The zero-order valence-corrected chi connectivity index (χ0v) is 68.7. The maximum absolute atomic E-state index is 5.05. The summed E-state index contributed by atoms with van der Waals surface area (Å²) in [6, 6.07) is 136.